The van der Waals surface area contributed by atoms with E-state index < -0.39 is 0 Å². The molecule has 0 radical (unpaired) electrons. The van der Waals surface area contributed by atoms with E-state index in [1.165, 1.54) is 15.3 Å². The fraction of sp³-hybridized carbons (Fsp3) is 0.636. The van der Waals surface area contributed by atoms with Crippen LogP contribution in [0.25, 0.3) is 0 Å². The lowest BCUT2D eigenvalue weighted by Crippen LogP contribution is -2.34. The zero-order chi connectivity index (χ0) is 10.2. The van der Waals surface area contributed by atoms with Crippen molar-refractivity contribution in [1.82, 2.24) is 5.32 Å². The molecular weight excluding hydrogens is 194 g/mol. The monoisotopic (exact) mass is 211 g/mol. The molecule has 2 rings (SSSR count). The molecule has 1 aliphatic carbocycles. The zero-order valence-electron chi connectivity index (χ0n) is 8.76. The first-order valence-corrected chi connectivity index (χ1v) is 5.89. The number of nitrogens with one attached hydrogen (secondary N) is 1. The van der Waals surface area contributed by atoms with E-state index in [-0.39, 0.29) is 12.1 Å². The van der Waals surface area contributed by atoms with E-state index >= 15 is 0 Å². The second kappa shape index (κ2) is 3.65. The van der Waals surface area contributed by atoms with Gasteiger partial charge in [-0.2, -0.15) is 0 Å². The van der Waals surface area contributed by atoms with Gasteiger partial charge in [0.05, 0.1) is 6.61 Å². The molecule has 0 atom stereocenters. The van der Waals surface area contributed by atoms with Crippen molar-refractivity contribution in [3.05, 3.63) is 21.4 Å². The molecule has 1 aromatic heterocycles. The van der Waals surface area contributed by atoms with Crippen LogP contribution >= 0.6 is 11.3 Å². The molecule has 2 N–H and O–H groups in total. The van der Waals surface area contributed by atoms with Gasteiger partial charge < -0.3 is 10.4 Å². The average Bonchev–Trinajstić information content (AvgIpc) is 2.86. The third-order valence-corrected chi connectivity index (χ3v) is 3.96. The summed E-state index contributed by atoms with van der Waals surface area (Å²) in [4.78, 5) is 2.76. The van der Waals surface area contributed by atoms with E-state index in [0.717, 1.165) is 19.4 Å². The number of aryl methyl sites for hydroxylation is 2. The molecule has 14 heavy (non-hydrogen) atoms. The maximum atomic E-state index is 9.15. The highest BCUT2D eigenvalue weighted by Crippen LogP contribution is 2.35. The standard InChI is InChI=1S/C11H17NOS/c1-8-5-10(9(2)14-8)6-12-11(7-13)3-4-11/h5,12-13H,3-4,6-7H2,1-2H3. The first kappa shape index (κ1) is 10.1. The van der Waals surface area contributed by atoms with Gasteiger partial charge in [-0.15, -0.1) is 11.3 Å². The lowest BCUT2D eigenvalue weighted by atomic mass is 10.2. The molecule has 0 aromatic carbocycles. The van der Waals surface area contributed by atoms with Crippen molar-refractivity contribution >= 4 is 11.3 Å². The van der Waals surface area contributed by atoms with Crippen LogP contribution in [0.5, 0.6) is 0 Å². The van der Waals surface area contributed by atoms with Crippen molar-refractivity contribution in [1.29, 1.82) is 0 Å². The molecule has 0 amide bonds. The first-order valence-electron chi connectivity index (χ1n) is 5.07. The average molecular weight is 211 g/mol. The minimum absolute atomic E-state index is 0.0578. The van der Waals surface area contributed by atoms with E-state index in [9.17, 15) is 0 Å². The summed E-state index contributed by atoms with van der Waals surface area (Å²) in [6.45, 7) is 5.47. The molecule has 1 aromatic rings. The van der Waals surface area contributed by atoms with E-state index in [2.05, 4.69) is 25.2 Å². The molecule has 1 saturated carbocycles. The molecule has 1 fully saturated rings. The van der Waals surface area contributed by atoms with Gasteiger partial charge in [-0.3, -0.25) is 0 Å². The highest BCUT2D eigenvalue weighted by molar-refractivity contribution is 7.12. The van der Waals surface area contributed by atoms with Crippen molar-refractivity contribution in [3.63, 3.8) is 0 Å². The topological polar surface area (TPSA) is 32.3 Å². The van der Waals surface area contributed by atoms with Crippen LogP contribution in [-0.2, 0) is 6.54 Å². The summed E-state index contributed by atoms with van der Waals surface area (Å²) >= 11 is 1.85. The summed E-state index contributed by atoms with van der Waals surface area (Å²) in [7, 11) is 0. The number of aliphatic hydroxyl groups is 1. The van der Waals surface area contributed by atoms with E-state index in [1.54, 1.807) is 0 Å². The van der Waals surface area contributed by atoms with Crippen LogP contribution in [0.1, 0.15) is 28.2 Å². The fourth-order valence-corrected chi connectivity index (χ4v) is 2.63. The molecule has 0 bridgehead atoms. The maximum absolute atomic E-state index is 9.15. The van der Waals surface area contributed by atoms with Crippen LogP contribution in [0, 0.1) is 13.8 Å². The van der Waals surface area contributed by atoms with Crippen LogP contribution in [0.15, 0.2) is 6.07 Å². The van der Waals surface area contributed by atoms with Gasteiger partial charge >= 0.3 is 0 Å². The van der Waals surface area contributed by atoms with Gasteiger partial charge in [-0.1, -0.05) is 0 Å². The summed E-state index contributed by atoms with van der Waals surface area (Å²) < 4.78 is 0. The summed E-state index contributed by atoms with van der Waals surface area (Å²) in [5, 5.41) is 12.6. The van der Waals surface area contributed by atoms with Gasteiger partial charge in [0.25, 0.3) is 0 Å². The molecule has 2 nitrogen and oxygen atoms in total. The molecule has 1 aliphatic rings. The highest BCUT2D eigenvalue weighted by Gasteiger charge is 2.41. The summed E-state index contributed by atoms with van der Waals surface area (Å²) in [5.74, 6) is 0. The lowest BCUT2D eigenvalue weighted by molar-refractivity contribution is 0.229. The summed E-state index contributed by atoms with van der Waals surface area (Å²) in [6.07, 6.45) is 2.23. The highest BCUT2D eigenvalue weighted by atomic mass is 32.1. The molecule has 0 spiro atoms. The number of rotatable bonds is 4. The van der Waals surface area contributed by atoms with E-state index in [0.29, 0.717) is 0 Å². The van der Waals surface area contributed by atoms with E-state index in [4.69, 9.17) is 5.11 Å². The molecule has 1 heterocycles. The number of hydrogen-bond acceptors (Lipinski definition) is 3. The van der Waals surface area contributed by atoms with Crippen LogP contribution in [0.4, 0.5) is 0 Å². The van der Waals surface area contributed by atoms with Gasteiger partial charge in [0, 0.05) is 21.8 Å². The number of thiophene rings is 1. The zero-order valence-corrected chi connectivity index (χ0v) is 9.58. The van der Waals surface area contributed by atoms with Gasteiger partial charge in [0.15, 0.2) is 0 Å². The quantitative estimate of drug-likeness (QED) is 0.798. The van der Waals surface area contributed by atoms with Crippen molar-refractivity contribution in [2.24, 2.45) is 0 Å². The van der Waals surface area contributed by atoms with E-state index in [1.807, 2.05) is 11.3 Å². The molecule has 0 aliphatic heterocycles. The van der Waals surface area contributed by atoms with Crippen molar-refractivity contribution in [3.8, 4) is 0 Å². The van der Waals surface area contributed by atoms with Crippen LogP contribution in [-0.4, -0.2) is 17.3 Å². The Morgan fingerprint density at radius 3 is 2.64 bits per heavy atom. The Hall–Kier alpha value is -0.380. The lowest BCUT2D eigenvalue weighted by Gasteiger charge is -2.13. The van der Waals surface area contributed by atoms with Crippen LogP contribution in [0.2, 0.25) is 0 Å². The molecule has 0 unspecified atom stereocenters. The second-order valence-electron chi connectivity index (χ2n) is 4.23. The molecule has 3 heteroatoms. The molecule has 0 saturated heterocycles. The van der Waals surface area contributed by atoms with Crippen LogP contribution < -0.4 is 5.32 Å². The summed E-state index contributed by atoms with van der Waals surface area (Å²) in [5.41, 5.74) is 1.44. The van der Waals surface area contributed by atoms with Gasteiger partial charge in [0.2, 0.25) is 0 Å². The number of hydrogen-bond donors (Lipinski definition) is 2. The minimum Gasteiger partial charge on any atom is -0.394 e. The Bertz CT molecular complexity index is 328. The van der Waals surface area contributed by atoms with Crippen molar-refractivity contribution in [2.45, 2.75) is 38.8 Å². The number of aliphatic hydroxyl groups excluding tert-OH is 1. The van der Waals surface area contributed by atoms with Gasteiger partial charge in [0.1, 0.15) is 0 Å². The first-order chi connectivity index (χ1) is 6.65. The Labute approximate surface area is 89.0 Å². The Kier molecular flexibility index (Phi) is 2.64. The van der Waals surface area contributed by atoms with Crippen LogP contribution in [0.3, 0.4) is 0 Å². The third-order valence-electron chi connectivity index (χ3n) is 2.95. The Balaban J connectivity index is 1.95. The van der Waals surface area contributed by atoms with Crippen molar-refractivity contribution in [2.75, 3.05) is 6.61 Å². The Morgan fingerprint density at radius 1 is 1.50 bits per heavy atom. The third kappa shape index (κ3) is 2.00. The fourth-order valence-electron chi connectivity index (χ4n) is 1.68. The molecular formula is C11H17NOS. The predicted molar refractivity (Wildman–Crippen MR) is 59.7 cm³/mol. The molecule has 78 valence electrons. The maximum Gasteiger partial charge on any atom is 0.0613 e. The second-order valence-corrected chi connectivity index (χ2v) is 5.69. The minimum atomic E-state index is 0.0578. The normalized spacial score (nSPS) is 18.5. The van der Waals surface area contributed by atoms with Gasteiger partial charge in [-0.25, -0.2) is 0 Å². The van der Waals surface area contributed by atoms with Gasteiger partial charge in [-0.05, 0) is 38.3 Å². The Morgan fingerprint density at radius 2 is 2.21 bits per heavy atom. The SMILES string of the molecule is Cc1cc(CNC2(CO)CC2)c(C)s1. The predicted octanol–water partition coefficient (Wildman–Crippen LogP) is 1.98. The summed E-state index contributed by atoms with van der Waals surface area (Å²) in [6, 6.07) is 2.24. The smallest absolute Gasteiger partial charge is 0.0613 e. The largest absolute Gasteiger partial charge is 0.394 e. The van der Waals surface area contributed by atoms with Crippen molar-refractivity contribution < 1.29 is 5.11 Å².